The number of carbonyl (C=O) groups is 1. The van der Waals surface area contributed by atoms with Gasteiger partial charge < -0.3 is 14.8 Å². The number of anilines is 1. The van der Waals surface area contributed by atoms with E-state index in [1.54, 1.807) is 12.4 Å². The van der Waals surface area contributed by atoms with Crippen molar-refractivity contribution in [3.8, 4) is 5.69 Å². The normalized spacial score (nSPS) is 14.8. The summed E-state index contributed by atoms with van der Waals surface area (Å²) in [5.41, 5.74) is 3.59. The fourth-order valence-electron chi connectivity index (χ4n) is 3.95. The zero-order chi connectivity index (χ0) is 20.4. The number of rotatable bonds is 4. The maximum absolute atomic E-state index is 13.0. The summed E-state index contributed by atoms with van der Waals surface area (Å²) in [6.07, 6.45) is 5.26. The molecule has 0 radical (unpaired) electrons. The number of benzene rings is 1. The zero-order valence-electron chi connectivity index (χ0n) is 16.6. The van der Waals surface area contributed by atoms with Crippen molar-refractivity contribution in [2.75, 3.05) is 18.0 Å². The lowest BCUT2D eigenvalue weighted by Gasteiger charge is -2.32. The van der Waals surface area contributed by atoms with Crippen LogP contribution < -0.4 is 10.2 Å². The second-order valence-corrected chi connectivity index (χ2v) is 7.82. The van der Waals surface area contributed by atoms with E-state index in [0.29, 0.717) is 10.6 Å². The first-order valence-corrected chi connectivity index (χ1v) is 10.2. The fourth-order valence-corrected chi connectivity index (χ4v) is 4.13. The Kier molecular flexibility index (Phi) is 5.53. The Morgan fingerprint density at radius 1 is 1.10 bits per heavy atom. The molecule has 3 aromatic rings. The van der Waals surface area contributed by atoms with E-state index in [9.17, 15) is 4.79 Å². The van der Waals surface area contributed by atoms with Gasteiger partial charge >= 0.3 is 0 Å². The molecule has 1 aliphatic heterocycles. The number of nitrogens with one attached hydrogen (secondary N) is 1. The average Bonchev–Trinajstić information content (AvgIpc) is 3.03. The molecule has 0 unspecified atom stereocenters. The summed E-state index contributed by atoms with van der Waals surface area (Å²) >= 11 is 6.15. The molecular weight excluding hydrogens is 386 g/mol. The van der Waals surface area contributed by atoms with Gasteiger partial charge in [0.25, 0.3) is 5.91 Å². The number of carbonyl (C=O) groups excluding carboxylic acids is 1. The summed E-state index contributed by atoms with van der Waals surface area (Å²) in [4.78, 5) is 23.7. The van der Waals surface area contributed by atoms with Crippen LogP contribution in [0.25, 0.3) is 5.69 Å². The Hall–Kier alpha value is -2.86. The molecular formula is C22H24ClN5O. The van der Waals surface area contributed by atoms with E-state index in [1.165, 1.54) is 0 Å². The molecule has 7 heteroatoms. The van der Waals surface area contributed by atoms with E-state index in [1.807, 2.05) is 50.2 Å². The highest BCUT2D eigenvalue weighted by atomic mass is 35.5. The van der Waals surface area contributed by atoms with Crippen molar-refractivity contribution in [3.05, 3.63) is 70.8 Å². The van der Waals surface area contributed by atoms with Gasteiger partial charge in [-0.05, 0) is 57.0 Å². The number of hydrogen-bond acceptors (Lipinski definition) is 4. The van der Waals surface area contributed by atoms with Crippen LogP contribution in [0.1, 0.15) is 34.6 Å². The number of amides is 1. The Morgan fingerprint density at radius 3 is 2.52 bits per heavy atom. The summed E-state index contributed by atoms with van der Waals surface area (Å²) in [5.74, 6) is 0.725. The van der Waals surface area contributed by atoms with Gasteiger partial charge in [-0.1, -0.05) is 17.7 Å². The van der Waals surface area contributed by atoms with Crippen molar-refractivity contribution in [3.63, 3.8) is 0 Å². The average molecular weight is 410 g/mol. The predicted octanol–water partition coefficient (Wildman–Crippen LogP) is 3.94. The van der Waals surface area contributed by atoms with E-state index in [4.69, 9.17) is 11.6 Å². The summed E-state index contributed by atoms with van der Waals surface area (Å²) in [7, 11) is 0. The molecule has 0 saturated carbocycles. The van der Waals surface area contributed by atoms with E-state index < -0.39 is 0 Å². The number of hydrogen-bond donors (Lipinski definition) is 1. The predicted molar refractivity (Wildman–Crippen MR) is 115 cm³/mol. The highest BCUT2D eigenvalue weighted by molar-refractivity contribution is 6.30. The van der Waals surface area contributed by atoms with Gasteiger partial charge in [0.2, 0.25) is 5.95 Å². The third-order valence-corrected chi connectivity index (χ3v) is 5.64. The second kappa shape index (κ2) is 8.25. The minimum Gasteiger partial charge on any atom is -0.349 e. The van der Waals surface area contributed by atoms with Gasteiger partial charge in [0.05, 0.1) is 5.56 Å². The number of piperidine rings is 1. The molecule has 1 aliphatic rings. The maximum Gasteiger partial charge on any atom is 0.253 e. The molecule has 1 amide bonds. The van der Waals surface area contributed by atoms with Crippen LogP contribution in [-0.2, 0) is 0 Å². The van der Waals surface area contributed by atoms with Gasteiger partial charge in [-0.15, -0.1) is 0 Å². The number of nitrogens with zero attached hydrogens (tertiary/aromatic N) is 4. The van der Waals surface area contributed by atoms with Crippen molar-refractivity contribution in [1.82, 2.24) is 19.9 Å². The first-order valence-electron chi connectivity index (χ1n) is 9.80. The molecule has 2 aromatic heterocycles. The number of halogens is 1. The first-order chi connectivity index (χ1) is 14.0. The van der Waals surface area contributed by atoms with Gasteiger partial charge in [-0.25, -0.2) is 9.97 Å². The third kappa shape index (κ3) is 4.12. The van der Waals surface area contributed by atoms with Crippen molar-refractivity contribution >= 4 is 23.5 Å². The van der Waals surface area contributed by atoms with Crippen LogP contribution in [0, 0.1) is 13.8 Å². The minimum atomic E-state index is -0.0270. The molecule has 1 fully saturated rings. The summed E-state index contributed by atoms with van der Waals surface area (Å²) in [6.45, 7) is 5.63. The van der Waals surface area contributed by atoms with Crippen LogP contribution >= 0.6 is 11.6 Å². The molecule has 0 spiro atoms. The minimum absolute atomic E-state index is 0.0270. The van der Waals surface area contributed by atoms with Crippen molar-refractivity contribution in [2.24, 2.45) is 0 Å². The quantitative estimate of drug-likeness (QED) is 0.709. The van der Waals surface area contributed by atoms with Crippen LogP contribution in [0.3, 0.4) is 0 Å². The smallest absolute Gasteiger partial charge is 0.253 e. The standard InChI is InChI=1S/C22H24ClN5O/c1-15-13-20(16(2)28(15)19-6-3-5-17(23)14-19)21(29)26-18-7-11-27(12-8-18)22-24-9-4-10-25-22/h3-6,9-10,13-14,18H,7-8,11-12H2,1-2H3,(H,26,29). The molecule has 1 saturated heterocycles. The Morgan fingerprint density at radius 2 is 1.83 bits per heavy atom. The molecule has 0 atom stereocenters. The summed E-state index contributed by atoms with van der Waals surface area (Å²) in [5, 5.41) is 3.88. The molecule has 150 valence electrons. The van der Waals surface area contributed by atoms with Crippen molar-refractivity contribution < 1.29 is 4.79 Å². The Balaban J connectivity index is 1.44. The zero-order valence-corrected chi connectivity index (χ0v) is 17.4. The summed E-state index contributed by atoms with van der Waals surface area (Å²) < 4.78 is 2.07. The molecule has 1 aromatic carbocycles. The number of aryl methyl sites for hydroxylation is 1. The largest absolute Gasteiger partial charge is 0.349 e. The lowest BCUT2D eigenvalue weighted by molar-refractivity contribution is 0.0930. The van der Waals surface area contributed by atoms with Gasteiger partial charge in [0.1, 0.15) is 0 Å². The Labute approximate surface area is 175 Å². The molecule has 29 heavy (non-hydrogen) atoms. The molecule has 4 rings (SSSR count). The fraction of sp³-hybridized carbons (Fsp3) is 0.318. The van der Waals surface area contributed by atoms with Crippen LogP contribution in [-0.4, -0.2) is 39.6 Å². The highest BCUT2D eigenvalue weighted by Crippen LogP contribution is 2.23. The Bertz CT molecular complexity index is 1010. The molecule has 6 nitrogen and oxygen atoms in total. The highest BCUT2D eigenvalue weighted by Gasteiger charge is 2.24. The van der Waals surface area contributed by atoms with E-state index in [-0.39, 0.29) is 11.9 Å². The molecule has 3 heterocycles. The maximum atomic E-state index is 13.0. The van der Waals surface area contributed by atoms with Gasteiger partial charge in [0, 0.05) is 53.6 Å². The second-order valence-electron chi connectivity index (χ2n) is 7.38. The van der Waals surface area contributed by atoms with E-state index in [0.717, 1.165) is 49.0 Å². The van der Waals surface area contributed by atoms with Gasteiger partial charge in [-0.2, -0.15) is 0 Å². The topological polar surface area (TPSA) is 63.1 Å². The van der Waals surface area contributed by atoms with Crippen LogP contribution in [0.5, 0.6) is 0 Å². The summed E-state index contributed by atoms with van der Waals surface area (Å²) in [6, 6.07) is 11.6. The number of aromatic nitrogens is 3. The molecule has 0 aliphatic carbocycles. The van der Waals surface area contributed by atoms with Crippen molar-refractivity contribution in [1.29, 1.82) is 0 Å². The van der Waals surface area contributed by atoms with Crippen LogP contribution in [0.15, 0.2) is 48.8 Å². The lowest BCUT2D eigenvalue weighted by Crippen LogP contribution is -2.45. The monoisotopic (exact) mass is 409 g/mol. The third-order valence-electron chi connectivity index (χ3n) is 5.41. The van der Waals surface area contributed by atoms with E-state index in [2.05, 4.69) is 24.8 Å². The lowest BCUT2D eigenvalue weighted by atomic mass is 10.0. The molecule has 1 N–H and O–H groups in total. The SMILES string of the molecule is Cc1cc(C(=O)NC2CCN(c3ncccn3)CC2)c(C)n1-c1cccc(Cl)c1. The van der Waals surface area contributed by atoms with E-state index >= 15 is 0 Å². The molecule has 0 bridgehead atoms. The first kappa shape index (κ1) is 19.5. The van der Waals surface area contributed by atoms with Crippen molar-refractivity contribution in [2.45, 2.75) is 32.7 Å². The van der Waals surface area contributed by atoms with Gasteiger partial charge in [-0.3, -0.25) is 4.79 Å². The van der Waals surface area contributed by atoms with Crippen LogP contribution in [0.2, 0.25) is 5.02 Å². The van der Waals surface area contributed by atoms with Gasteiger partial charge in [0.15, 0.2) is 0 Å². The van der Waals surface area contributed by atoms with Crippen LogP contribution in [0.4, 0.5) is 5.95 Å².